The molecule has 6 rings (SSSR count). The minimum atomic E-state index is -4.50. The Morgan fingerprint density at radius 1 is 1.02 bits per heavy atom. The van der Waals surface area contributed by atoms with Crippen LogP contribution >= 0.6 is 0 Å². The number of fused-ring (bicyclic) bond motifs is 2. The summed E-state index contributed by atoms with van der Waals surface area (Å²) >= 11 is 0. The van der Waals surface area contributed by atoms with Crippen molar-refractivity contribution < 1.29 is 27.4 Å². The fourth-order valence-electron chi connectivity index (χ4n) is 6.97. The SMILES string of the molecule is [C-]#[N+]C[C@H]1CN(c2nc(OC[C@@H]3CCCN3C)nc3c2CCN(c2cccc4cccc(C(F)(F)F)c24)C3)CCN1C(=O)OC(C)(C)C. The number of rotatable bonds is 6. The molecule has 2 atom stereocenters. The van der Waals surface area contributed by atoms with Gasteiger partial charge in [0, 0.05) is 48.9 Å². The van der Waals surface area contributed by atoms with Gasteiger partial charge in [0.2, 0.25) is 6.54 Å². The topological polar surface area (TPSA) is 78.6 Å². The van der Waals surface area contributed by atoms with E-state index in [9.17, 15) is 18.0 Å². The largest absolute Gasteiger partial charge is 0.462 e. The maximum Gasteiger partial charge on any atom is 0.417 e. The second-order valence-corrected chi connectivity index (χ2v) is 13.8. The second-order valence-electron chi connectivity index (χ2n) is 13.8. The van der Waals surface area contributed by atoms with Crippen LogP contribution in [0.3, 0.4) is 0 Å². The predicted octanol–water partition coefficient (Wildman–Crippen LogP) is 6.03. The van der Waals surface area contributed by atoms with E-state index in [1.54, 1.807) is 29.2 Å². The lowest BCUT2D eigenvalue weighted by Gasteiger charge is -2.41. The van der Waals surface area contributed by atoms with E-state index in [-0.39, 0.29) is 30.5 Å². The number of aromatic nitrogens is 2. The van der Waals surface area contributed by atoms with Crippen LogP contribution in [-0.2, 0) is 23.9 Å². The van der Waals surface area contributed by atoms with Crippen LogP contribution in [0, 0.1) is 6.57 Å². The molecule has 0 spiro atoms. The van der Waals surface area contributed by atoms with Crippen molar-refractivity contribution >= 4 is 28.4 Å². The average molecular weight is 666 g/mol. The summed E-state index contributed by atoms with van der Waals surface area (Å²) in [5.74, 6) is 0.683. The van der Waals surface area contributed by atoms with Gasteiger partial charge in [0.1, 0.15) is 24.1 Å². The molecule has 3 aliphatic heterocycles. The summed E-state index contributed by atoms with van der Waals surface area (Å²) in [4.78, 5) is 34.4. The van der Waals surface area contributed by atoms with Crippen LogP contribution in [0.1, 0.15) is 50.4 Å². The van der Waals surface area contributed by atoms with Gasteiger partial charge in [-0.25, -0.2) is 11.4 Å². The lowest BCUT2D eigenvalue weighted by Crippen LogP contribution is -2.57. The van der Waals surface area contributed by atoms with Gasteiger partial charge in [-0.1, -0.05) is 24.3 Å². The molecule has 3 aliphatic rings. The van der Waals surface area contributed by atoms with Crippen LogP contribution in [0.15, 0.2) is 36.4 Å². The molecule has 2 fully saturated rings. The minimum Gasteiger partial charge on any atom is -0.462 e. The van der Waals surface area contributed by atoms with Crippen molar-refractivity contribution in [1.82, 2.24) is 19.8 Å². The molecular weight excluding hydrogens is 623 g/mol. The Morgan fingerprint density at radius 2 is 1.79 bits per heavy atom. The van der Waals surface area contributed by atoms with Crippen molar-refractivity contribution in [1.29, 1.82) is 0 Å². The molecule has 0 radical (unpaired) electrons. The molecule has 48 heavy (non-hydrogen) atoms. The van der Waals surface area contributed by atoms with Gasteiger partial charge < -0.3 is 29.0 Å². The number of hydrogen-bond donors (Lipinski definition) is 0. The lowest BCUT2D eigenvalue weighted by atomic mass is 9.98. The summed E-state index contributed by atoms with van der Waals surface area (Å²) in [5.41, 5.74) is 0.769. The number of piperazine rings is 1. The summed E-state index contributed by atoms with van der Waals surface area (Å²) in [6.45, 7) is 16.5. The molecule has 13 heteroatoms. The number of benzene rings is 2. The molecule has 4 heterocycles. The summed E-state index contributed by atoms with van der Waals surface area (Å²) < 4.78 is 54.4. The van der Waals surface area contributed by atoms with Gasteiger partial charge in [0.05, 0.1) is 17.8 Å². The highest BCUT2D eigenvalue weighted by Gasteiger charge is 2.38. The third kappa shape index (κ3) is 7.09. The Balaban J connectivity index is 1.34. The van der Waals surface area contributed by atoms with Gasteiger partial charge in [-0.15, -0.1) is 0 Å². The lowest BCUT2D eigenvalue weighted by molar-refractivity contribution is -0.136. The maximum absolute atomic E-state index is 14.2. The molecule has 256 valence electrons. The fraction of sp³-hybridized carbons (Fsp3) is 0.543. The Hall–Kier alpha value is -4.31. The van der Waals surface area contributed by atoms with E-state index in [1.807, 2.05) is 25.7 Å². The summed E-state index contributed by atoms with van der Waals surface area (Å²) in [6.07, 6.45) is -2.35. The van der Waals surface area contributed by atoms with Crippen LogP contribution in [0.4, 0.5) is 29.5 Å². The first-order chi connectivity index (χ1) is 22.8. The molecule has 0 bridgehead atoms. The first-order valence-electron chi connectivity index (χ1n) is 16.5. The molecule has 0 N–H and O–H groups in total. The first kappa shape index (κ1) is 33.6. The molecule has 3 aromatic rings. The number of carbonyl (C=O) groups is 1. The van der Waals surface area contributed by atoms with Crippen LogP contribution < -0.4 is 14.5 Å². The zero-order valence-electron chi connectivity index (χ0n) is 27.9. The van der Waals surface area contributed by atoms with Crippen LogP contribution in [0.5, 0.6) is 6.01 Å². The average Bonchev–Trinajstić information content (AvgIpc) is 3.45. The molecule has 2 aromatic carbocycles. The van der Waals surface area contributed by atoms with Crippen LogP contribution in [-0.4, -0.2) is 96.5 Å². The molecule has 0 saturated carbocycles. The van der Waals surface area contributed by atoms with E-state index in [0.29, 0.717) is 61.8 Å². The highest BCUT2D eigenvalue weighted by atomic mass is 19.4. The van der Waals surface area contributed by atoms with Gasteiger partial charge in [-0.05, 0) is 71.1 Å². The number of likely N-dealkylation sites (N-methyl/N-ethyl adjacent to an activating group) is 1. The monoisotopic (exact) mass is 665 g/mol. The smallest absolute Gasteiger partial charge is 0.417 e. The second kappa shape index (κ2) is 13.3. The summed E-state index contributed by atoms with van der Waals surface area (Å²) in [6, 6.07) is 9.54. The Bertz CT molecular complexity index is 1700. The van der Waals surface area contributed by atoms with E-state index < -0.39 is 29.5 Å². The molecule has 2 saturated heterocycles. The van der Waals surface area contributed by atoms with Gasteiger partial charge >= 0.3 is 18.3 Å². The summed E-state index contributed by atoms with van der Waals surface area (Å²) in [5, 5.41) is 0.695. The molecule has 1 aromatic heterocycles. The number of halogens is 3. The highest BCUT2D eigenvalue weighted by Crippen LogP contribution is 2.41. The third-order valence-corrected chi connectivity index (χ3v) is 9.34. The maximum atomic E-state index is 14.2. The number of anilines is 2. The molecule has 10 nitrogen and oxygen atoms in total. The van der Waals surface area contributed by atoms with Crippen LogP contribution in [0.25, 0.3) is 15.6 Å². The number of carbonyl (C=O) groups excluding carboxylic acids is 1. The van der Waals surface area contributed by atoms with E-state index in [4.69, 9.17) is 26.0 Å². The van der Waals surface area contributed by atoms with Crippen LogP contribution in [0.2, 0.25) is 0 Å². The molecular formula is C35H42F3N7O3. The van der Waals surface area contributed by atoms with E-state index in [2.05, 4.69) is 21.7 Å². The highest BCUT2D eigenvalue weighted by molar-refractivity contribution is 5.97. The van der Waals surface area contributed by atoms with Gasteiger partial charge in [0.15, 0.2) is 0 Å². The molecule has 0 unspecified atom stereocenters. The molecule has 0 aliphatic carbocycles. The van der Waals surface area contributed by atoms with Gasteiger partial charge in [-0.2, -0.15) is 23.1 Å². The fourth-order valence-corrected chi connectivity index (χ4v) is 6.97. The van der Waals surface area contributed by atoms with Crippen molar-refractivity contribution in [2.24, 2.45) is 0 Å². The first-order valence-corrected chi connectivity index (χ1v) is 16.5. The Labute approximate surface area is 279 Å². The minimum absolute atomic E-state index is 0.108. The van der Waals surface area contributed by atoms with Gasteiger partial charge in [-0.3, -0.25) is 4.90 Å². The van der Waals surface area contributed by atoms with E-state index in [1.165, 1.54) is 6.07 Å². The zero-order valence-corrected chi connectivity index (χ0v) is 27.9. The van der Waals surface area contributed by atoms with E-state index >= 15 is 0 Å². The third-order valence-electron chi connectivity index (χ3n) is 9.34. The van der Waals surface area contributed by atoms with E-state index in [0.717, 1.165) is 31.0 Å². The Morgan fingerprint density at radius 3 is 2.48 bits per heavy atom. The van der Waals surface area contributed by atoms with Crippen molar-refractivity contribution in [2.45, 2.75) is 70.4 Å². The van der Waals surface area contributed by atoms with Crippen molar-refractivity contribution in [3.63, 3.8) is 0 Å². The summed E-state index contributed by atoms with van der Waals surface area (Å²) in [7, 11) is 2.07. The molecule has 1 amide bonds. The quantitative estimate of drug-likeness (QED) is 0.296. The Kier molecular flexibility index (Phi) is 9.31. The standard InChI is InChI=1S/C35H42F3N7O3/c1-34(2,3)48-33(46)45-18-17-44(20-25(45)19-39-4)31-26-14-16-43(21-28(26)40-32(41-31)47-22-24-11-8-15-42(24)5)29-13-7-10-23-9-6-12-27(30(23)29)35(36,37)38/h6-7,9-10,12-13,24-25H,8,11,14-22H2,1-3,5H3/t24-,25-/m0/s1. The van der Waals surface area contributed by atoms with Crippen molar-refractivity contribution in [3.8, 4) is 6.01 Å². The zero-order chi connectivity index (χ0) is 34.2. The number of amides is 1. The normalized spacial score (nSPS) is 20.5. The number of nitrogens with zero attached hydrogens (tertiary/aromatic N) is 7. The number of alkyl halides is 3. The van der Waals surface area contributed by atoms with Gasteiger partial charge in [0.25, 0.3) is 0 Å². The number of likely N-dealkylation sites (tertiary alicyclic amines) is 1. The van der Waals surface area contributed by atoms with Crippen molar-refractivity contribution in [2.75, 3.05) is 62.7 Å². The van der Waals surface area contributed by atoms with Crippen molar-refractivity contribution in [3.05, 3.63) is 64.6 Å². The predicted molar refractivity (Wildman–Crippen MR) is 177 cm³/mol. The number of hydrogen-bond acceptors (Lipinski definition) is 8. The number of ether oxygens (including phenoxy) is 2.